The largest absolute Gasteiger partial charge is 0.465 e. The molecule has 0 heterocycles. The van der Waals surface area contributed by atoms with E-state index in [1.807, 2.05) is 12.1 Å². The molecular weight excluding hydrogens is 374 g/mol. The summed E-state index contributed by atoms with van der Waals surface area (Å²) in [6, 6.07) is 9.34. The zero-order chi connectivity index (χ0) is 17.7. The predicted molar refractivity (Wildman–Crippen MR) is 90.9 cm³/mol. The van der Waals surface area contributed by atoms with E-state index in [4.69, 9.17) is 9.47 Å². The van der Waals surface area contributed by atoms with E-state index in [2.05, 4.69) is 22.0 Å². The third-order valence-corrected chi connectivity index (χ3v) is 4.74. The Balaban J connectivity index is 2.58. The highest BCUT2D eigenvalue weighted by molar-refractivity contribution is 9.10. The van der Waals surface area contributed by atoms with Crippen LogP contribution in [0.5, 0.6) is 0 Å². The van der Waals surface area contributed by atoms with E-state index in [-0.39, 0.29) is 19.6 Å². The van der Waals surface area contributed by atoms with Gasteiger partial charge in [-0.05, 0) is 31.9 Å². The van der Waals surface area contributed by atoms with Gasteiger partial charge in [-0.15, -0.1) is 0 Å². The number of allylic oxidation sites excluding steroid dienone is 1. The summed E-state index contributed by atoms with van der Waals surface area (Å²) in [5, 5.41) is 9.81. The zero-order valence-electron chi connectivity index (χ0n) is 13.5. The molecule has 0 saturated carbocycles. The van der Waals surface area contributed by atoms with Crippen LogP contribution in [0.4, 0.5) is 0 Å². The van der Waals surface area contributed by atoms with Crippen molar-refractivity contribution in [3.63, 3.8) is 0 Å². The lowest BCUT2D eigenvalue weighted by molar-refractivity contribution is -0.152. The Hall–Kier alpha value is -2.13. The van der Waals surface area contributed by atoms with Gasteiger partial charge in [-0.25, -0.2) is 4.79 Å². The third-order valence-electron chi connectivity index (χ3n) is 4.01. The van der Waals surface area contributed by atoms with E-state index >= 15 is 0 Å². The number of esters is 2. The maximum Gasteiger partial charge on any atom is 0.334 e. The van der Waals surface area contributed by atoms with E-state index in [0.717, 1.165) is 4.47 Å². The minimum atomic E-state index is -1.47. The normalized spacial score (nSPS) is 22.4. The average molecular weight is 392 g/mol. The Morgan fingerprint density at radius 3 is 2.54 bits per heavy atom. The van der Waals surface area contributed by atoms with Gasteiger partial charge in [0.25, 0.3) is 0 Å². The molecule has 24 heavy (non-hydrogen) atoms. The van der Waals surface area contributed by atoms with Crippen LogP contribution in [0.1, 0.15) is 31.7 Å². The first-order valence-electron chi connectivity index (χ1n) is 7.71. The second-order valence-electron chi connectivity index (χ2n) is 5.34. The van der Waals surface area contributed by atoms with Crippen molar-refractivity contribution in [2.24, 2.45) is 5.41 Å². The van der Waals surface area contributed by atoms with Crippen LogP contribution in [0, 0.1) is 16.7 Å². The molecule has 2 atom stereocenters. The van der Waals surface area contributed by atoms with E-state index < -0.39 is 23.3 Å². The summed E-state index contributed by atoms with van der Waals surface area (Å²) in [7, 11) is 0. The minimum Gasteiger partial charge on any atom is -0.465 e. The molecule has 126 valence electrons. The Bertz CT molecular complexity index is 722. The molecule has 5 nitrogen and oxygen atoms in total. The number of carbonyl (C=O) groups excluding carboxylic acids is 2. The van der Waals surface area contributed by atoms with E-state index in [0.29, 0.717) is 11.1 Å². The van der Waals surface area contributed by atoms with E-state index in [9.17, 15) is 14.9 Å². The van der Waals surface area contributed by atoms with Gasteiger partial charge in [0, 0.05) is 16.0 Å². The summed E-state index contributed by atoms with van der Waals surface area (Å²) in [4.78, 5) is 24.9. The number of benzene rings is 1. The number of rotatable bonds is 5. The molecular formula is C18H18BrNO4. The van der Waals surface area contributed by atoms with Crippen LogP contribution in [-0.4, -0.2) is 25.2 Å². The van der Waals surface area contributed by atoms with Crippen LogP contribution in [0.25, 0.3) is 0 Å². The maximum absolute atomic E-state index is 12.6. The van der Waals surface area contributed by atoms with Gasteiger partial charge in [-0.3, -0.25) is 4.79 Å². The summed E-state index contributed by atoms with van der Waals surface area (Å²) < 4.78 is 11.0. The van der Waals surface area contributed by atoms with Gasteiger partial charge < -0.3 is 9.47 Å². The minimum absolute atomic E-state index is 0.114. The number of halogens is 1. The topological polar surface area (TPSA) is 76.4 Å². The monoisotopic (exact) mass is 391 g/mol. The van der Waals surface area contributed by atoms with Gasteiger partial charge in [-0.1, -0.05) is 40.2 Å². The number of hydrogen-bond donors (Lipinski definition) is 0. The van der Waals surface area contributed by atoms with Gasteiger partial charge >= 0.3 is 11.9 Å². The first-order valence-corrected chi connectivity index (χ1v) is 8.51. The molecule has 0 spiro atoms. The first kappa shape index (κ1) is 18.2. The standard InChI is InChI=1S/C18H18BrNO4/c1-3-23-16(21)13-9-10-18(11-20,17(22)24-4-2)15(13)12-7-5-6-8-14(12)19/h5-9,15H,3-4,10H2,1-2H3/t15-,18+/m1/s1. The Morgan fingerprint density at radius 2 is 1.96 bits per heavy atom. The van der Waals surface area contributed by atoms with Gasteiger partial charge in [0.1, 0.15) is 0 Å². The first-order chi connectivity index (χ1) is 11.5. The van der Waals surface area contributed by atoms with Crippen molar-refractivity contribution < 1.29 is 19.1 Å². The quantitative estimate of drug-likeness (QED) is 0.717. The third kappa shape index (κ3) is 3.09. The van der Waals surface area contributed by atoms with Crippen LogP contribution >= 0.6 is 15.9 Å². The molecule has 0 aromatic heterocycles. The van der Waals surface area contributed by atoms with Gasteiger partial charge in [0.05, 0.1) is 19.3 Å². The van der Waals surface area contributed by atoms with Crippen molar-refractivity contribution in [1.82, 2.24) is 0 Å². The molecule has 0 fully saturated rings. The molecule has 0 amide bonds. The zero-order valence-corrected chi connectivity index (χ0v) is 15.1. The van der Waals surface area contributed by atoms with Crippen LogP contribution in [-0.2, 0) is 19.1 Å². The molecule has 0 unspecified atom stereocenters. The maximum atomic E-state index is 12.6. The number of nitrogens with zero attached hydrogens (tertiary/aromatic N) is 1. The van der Waals surface area contributed by atoms with Crippen molar-refractivity contribution >= 4 is 27.9 Å². The van der Waals surface area contributed by atoms with Gasteiger partial charge in [-0.2, -0.15) is 5.26 Å². The summed E-state index contributed by atoms with van der Waals surface area (Å²) >= 11 is 3.45. The average Bonchev–Trinajstić information content (AvgIpc) is 2.96. The molecule has 0 radical (unpaired) electrons. The van der Waals surface area contributed by atoms with Crippen LogP contribution < -0.4 is 0 Å². The Morgan fingerprint density at radius 1 is 1.29 bits per heavy atom. The Kier molecular flexibility index (Phi) is 5.79. The molecule has 1 aromatic carbocycles. The SMILES string of the molecule is CCOC(=O)C1=CC[C@@](C#N)(C(=O)OCC)[C@@H]1c1ccccc1Br. The number of hydrogen-bond acceptors (Lipinski definition) is 5. The van der Waals surface area contributed by atoms with Gasteiger partial charge in [0.15, 0.2) is 5.41 Å². The van der Waals surface area contributed by atoms with Crippen LogP contribution in [0.15, 0.2) is 40.4 Å². The molecule has 6 heteroatoms. The van der Waals surface area contributed by atoms with Crippen molar-refractivity contribution in [1.29, 1.82) is 5.26 Å². The van der Waals surface area contributed by atoms with E-state index in [1.165, 1.54) is 0 Å². The van der Waals surface area contributed by atoms with Crippen LogP contribution in [0.3, 0.4) is 0 Å². The fourth-order valence-electron chi connectivity index (χ4n) is 2.95. The van der Waals surface area contributed by atoms with Crippen molar-refractivity contribution in [2.75, 3.05) is 13.2 Å². The summed E-state index contributed by atoms with van der Waals surface area (Å²) in [5.74, 6) is -1.88. The van der Waals surface area contributed by atoms with Crippen molar-refractivity contribution in [2.45, 2.75) is 26.2 Å². The predicted octanol–water partition coefficient (Wildman–Crippen LogP) is 3.50. The Labute approximate surface area is 149 Å². The molecule has 1 aromatic rings. The molecule has 0 N–H and O–H groups in total. The number of ether oxygens (including phenoxy) is 2. The fourth-order valence-corrected chi connectivity index (χ4v) is 3.46. The molecule has 2 rings (SSSR count). The van der Waals surface area contributed by atoms with Gasteiger partial charge in [0.2, 0.25) is 0 Å². The highest BCUT2D eigenvalue weighted by Gasteiger charge is 2.55. The molecule has 0 bridgehead atoms. The summed E-state index contributed by atoms with van der Waals surface area (Å²) in [5.41, 5.74) is -0.468. The molecule has 1 aliphatic carbocycles. The summed E-state index contributed by atoms with van der Waals surface area (Å²) in [6.45, 7) is 3.78. The lowest BCUT2D eigenvalue weighted by atomic mass is 9.72. The number of nitriles is 1. The highest BCUT2D eigenvalue weighted by Crippen LogP contribution is 2.51. The summed E-state index contributed by atoms with van der Waals surface area (Å²) in [6.07, 6.45) is 1.73. The van der Waals surface area contributed by atoms with Crippen molar-refractivity contribution in [3.8, 4) is 6.07 Å². The fraction of sp³-hybridized carbons (Fsp3) is 0.389. The lowest BCUT2D eigenvalue weighted by Crippen LogP contribution is -2.36. The molecule has 0 saturated heterocycles. The second kappa shape index (κ2) is 7.63. The lowest BCUT2D eigenvalue weighted by Gasteiger charge is -2.29. The molecule has 1 aliphatic rings. The van der Waals surface area contributed by atoms with Crippen molar-refractivity contribution in [3.05, 3.63) is 46.0 Å². The second-order valence-corrected chi connectivity index (χ2v) is 6.20. The number of carbonyl (C=O) groups is 2. The van der Waals surface area contributed by atoms with E-state index in [1.54, 1.807) is 32.1 Å². The smallest absolute Gasteiger partial charge is 0.334 e. The highest BCUT2D eigenvalue weighted by atomic mass is 79.9. The molecule has 0 aliphatic heterocycles. The van der Waals surface area contributed by atoms with Crippen LogP contribution in [0.2, 0.25) is 0 Å².